The normalized spacial score (nSPS) is 18.7. The fourth-order valence-electron chi connectivity index (χ4n) is 3.07. The lowest BCUT2D eigenvalue weighted by Gasteiger charge is -2.23. The number of rotatable bonds is 8. The van der Waals surface area contributed by atoms with Crippen LogP contribution in [0, 0.1) is 5.92 Å². The summed E-state index contributed by atoms with van der Waals surface area (Å²) in [6.45, 7) is 6.23. The number of hydrogen-bond acceptors (Lipinski definition) is 8. The van der Waals surface area contributed by atoms with Crippen molar-refractivity contribution in [1.29, 1.82) is 0 Å². The van der Waals surface area contributed by atoms with Crippen LogP contribution in [0.5, 0.6) is 5.75 Å². The third-order valence-corrected chi connectivity index (χ3v) is 4.67. The maximum Gasteiger partial charge on any atom is 0.237 e. The van der Waals surface area contributed by atoms with Crippen LogP contribution in [-0.4, -0.2) is 48.6 Å². The van der Waals surface area contributed by atoms with Crippen molar-refractivity contribution < 1.29 is 9.47 Å². The molecule has 3 rings (SSSR count). The number of benzene rings is 1. The highest BCUT2D eigenvalue weighted by Gasteiger charge is 2.24. The minimum atomic E-state index is -0.0878. The first-order chi connectivity index (χ1) is 15.1. The number of aliphatic imine (C=N–C) groups is 3. The molecule has 1 aromatic heterocycles. The van der Waals surface area contributed by atoms with E-state index in [-0.39, 0.29) is 12.0 Å². The van der Waals surface area contributed by atoms with Crippen LogP contribution in [0.15, 0.2) is 70.5 Å². The number of nitrogens with one attached hydrogen (secondary N) is 1. The summed E-state index contributed by atoms with van der Waals surface area (Å²) in [5.41, 5.74) is 1.97. The van der Waals surface area contributed by atoms with Crippen LogP contribution in [0.4, 0.5) is 5.82 Å². The number of ether oxygens (including phenoxy) is 2. The van der Waals surface area contributed by atoms with Crippen LogP contribution in [0.25, 0.3) is 5.57 Å². The van der Waals surface area contributed by atoms with Gasteiger partial charge >= 0.3 is 0 Å². The molecule has 8 nitrogen and oxygen atoms in total. The smallest absolute Gasteiger partial charge is 0.237 e. The summed E-state index contributed by atoms with van der Waals surface area (Å²) >= 11 is 0. The second kappa shape index (κ2) is 10.9. The van der Waals surface area contributed by atoms with Crippen molar-refractivity contribution in [2.24, 2.45) is 20.9 Å². The summed E-state index contributed by atoms with van der Waals surface area (Å²) in [5.74, 6) is 2.50. The largest absolute Gasteiger partial charge is 0.438 e. The molecule has 0 radical (unpaired) electrons. The number of nitrogens with zero attached hydrogens (tertiary/aromatic N) is 5. The van der Waals surface area contributed by atoms with E-state index in [1.165, 1.54) is 12.4 Å². The SMILES string of the molecule is C=CN=C(C=NC)Oc1cccc(CNc2ccnc(C3=CN=CC(OC)C3C)n2)c1. The molecule has 0 spiro atoms. The Kier molecular flexibility index (Phi) is 7.78. The third-order valence-electron chi connectivity index (χ3n) is 4.67. The van der Waals surface area contributed by atoms with Crippen molar-refractivity contribution in [3.8, 4) is 5.75 Å². The van der Waals surface area contributed by atoms with Crippen molar-refractivity contribution in [2.45, 2.75) is 19.6 Å². The minimum Gasteiger partial charge on any atom is -0.438 e. The Morgan fingerprint density at radius 2 is 2.19 bits per heavy atom. The Balaban J connectivity index is 1.69. The van der Waals surface area contributed by atoms with Crippen LogP contribution in [0.1, 0.15) is 18.3 Å². The van der Waals surface area contributed by atoms with Gasteiger partial charge in [-0.3, -0.25) is 9.98 Å². The monoisotopic (exact) mass is 418 g/mol. The standard InChI is InChI=1S/C23H26N6O2/c1-5-26-22(15-24-3)31-18-8-6-7-17(11-18)12-28-21-9-10-27-23(29-21)19-13-25-14-20(30-4)16(19)2/h5-11,13-16,20H,1,12H2,2-4H3,(H,27,28,29). The van der Waals surface area contributed by atoms with E-state index in [0.29, 0.717) is 24.0 Å². The van der Waals surface area contributed by atoms with Crippen LogP contribution < -0.4 is 10.1 Å². The molecule has 1 aromatic carbocycles. The van der Waals surface area contributed by atoms with Crippen LogP contribution in [0.3, 0.4) is 0 Å². The molecule has 1 N–H and O–H groups in total. The molecule has 0 aliphatic carbocycles. The van der Waals surface area contributed by atoms with Gasteiger partial charge in [-0.1, -0.05) is 25.6 Å². The Bertz CT molecular complexity index is 1030. The van der Waals surface area contributed by atoms with E-state index in [2.05, 4.69) is 43.8 Å². The highest BCUT2D eigenvalue weighted by Crippen LogP contribution is 2.27. The summed E-state index contributed by atoms with van der Waals surface area (Å²) < 4.78 is 11.2. The first-order valence-corrected chi connectivity index (χ1v) is 9.85. The van der Waals surface area contributed by atoms with Gasteiger partial charge in [0.25, 0.3) is 0 Å². The van der Waals surface area contributed by atoms with Crippen molar-refractivity contribution in [1.82, 2.24) is 9.97 Å². The predicted molar refractivity (Wildman–Crippen MR) is 125 cm³/mol. The molecule has 1 aliphatic rings. The maximum atomic E-state index is 5.76. The lowest BCUT2D eigenvalue weighted by atomic mass is 9.94. The predicted octanol–water partition coefficient (Wildman–Crippen LogP) is 3.79. The first kappa shape index (κ1) is 22.0. The molecule has 0 saturated carbocycles. The van der Waals surface area contributed by atoms with Crippen molar-refractivity contribution in [3.63, 3.8) is 0 Å². The number of anilines is 1. The van der Waals surface area contributed by atoms with Crippen LogP contribution >= 0.6 is 0 Å². The Labute approximate surface area is 182 Å². The van der Waals surface area contributed by atoms with Crippen molar-refractivity contribution in [3.05, 3.63) is 66.9 Å². The molecule has 1 aliphatic heterocycles. The van der Waals surface area contributed by atoms with Crippen molar-refractivity contribution >= 4 is 29.7 Å². The molecule has 0 amide bonds. The van der Waals surface area contributed by atoms with E-state index in [0.717, 1.165) is 17.0 Å². The fraction of sp³-hybridized carbons (Fsp3) is 0.261. The molecule has 160 valence electrons. The van der Waals surface area contributed by atoms with Gasteiger partial charge in [0.15, 0.2) is 5.82 Å². The average Bonchev–Trinajstić information content (AvgIpc) is 2.79. The minimum absolute atomic E-state index is 0.0878. The zero-order valence-corrected chi connectivity index (χ0v) is 17.9. The molecule has 2 unspecified atom stereocenters. The zero-order valence-electron chi connectivity index (χ0n) is 17.9. The summed E-state index contributed by atoms with van der Waals surface area (Å²) in [7, 11) is 3.33. The van der Waals surface area contributed by atoms with Crippen LogP contribution in [0.2, 0.25) is 0 Å². The second-order valence-electron chi connectivity index (χ2n) is 6.78. The number of aromatic nitrogens is 2. The molecule has 0 saturated heterocycles. The molecular weight excluding hydrogens is 392 g/mol. The molecule has 2 atom stereocenters. The molecule has 8 heteroatoms. The van der Waals surface area contributed by atoms with Gasteiger partial charge in [-0.05, 0) is 23.8 Å². The lowest BCUT2D eigenvalue weighted by molar-refractivity contribution is 0.133. The fourth-order valence-corrected chi connectivity index (χ4v) is 3.07. The van der Waals surface area contributed by atoms with Gasteiger partial charge in [-0.15, -0.1) is 0 Å². The quantitative estimate of drug-likeness (QED) is 0.520. The van der Waals surface area contributed by atoms with Gasteiger partial charge in [0.1, 0.15) is 11.6 Å². The third kappa shape index (κ3) is 5.93. The van der Waals surface area contributed by atoms with E-state index in [1.807, 2.05) is 30.3 Å². The van der Waals surface area contributed by atoms with Gasteiger partial charge in [-0.25, -0.2) is 15.0 Å². The van der Waals surface area contributed by atoms with Gasteiger partial charge in [0.2, 0.25) is 5.90 Å². The average molecular weight is 419 g/mol. The molecule has 31 heavy (non-hydrogen) atoms. The summed E-state index contributed by atoms with van der Waals surface area (Å²) in [4.78, 5) is 21.3. The Hall–Kier alpha value is -3.65. The zero-order chi connectivity index (χ0) is 22.1. The number of hydrogen-bond donors (Lipinski definition) is 1. The first-order valence-electron chi connectivity index (χ1n) is 9.85. The Morgan fingerprint density at radius 1 is 1.32 bits per heavy atom. The van der Waals surface area contributed by atoms with E-state index in [4.69, 9.17) is 9.47 Å². The van der Waals surface area contributed by atoms with E-state index in [9.17, 15) is 0 Å². The van der Waals surface area contributed by atoms with Gasteiger partial charge < -0.3 is 14.8 Å². The highest BCUT2D eigenvalue weighted by atomic mass is 16.5. The number of methoxy groups -OCH3 is 1. The molecule has 0 fully saturated rings. The topological polar surface area (TPSA) is 93.4 Å². The lowest BCUT2D eigenvalue weighted by Crippen LogP contribution is -2.26. The highest BCUT2D eigenvalue weighted by molar-refractivity contribution is 6.27. The van der Waals surface area contributed by atoms with E-state index >= 15 is 0 Å². The molecule has 2 heterocycles. The van der Waals surface area contributed by atoms with Gasteiger partial charge in [0, 0.05) is 57.0 Å². The van der Waals surface area contributed by atoms with E-state index in [1.54, 1.807) is 32.8 Å². The Morgan fingerprint density at radius 3 is 2.97 bits per heavy atom. The maximum absolute atomic E-state index is 5.76. The summed E-state index contributed by atoms with van der Waals surface area (Å²) in [5, 5.41) is 3.34. The summed E-state index contributed by atoms with van der Waals surface area (Å²) in [6, 6.07) is 9.55. The second-order valence-corrected chi connectivity index (χ2v) is 6.78. The van der Waals surface area contributed by atoms with Gasteiger partial charge in [-0.2, -0.15) is 0 Å². The molecule has 0 bridgehead atoms. The van der Waals surface area contributed by atoms with Gasteiger partial charge in [0.05, 0.1) is 12.3 Å². The molecule has 2 aromatic rings. The summed E-state index contributed by atoms with van der Waals surface area (Å²) in [6.07, 6.45) is 8.19. The van der Waals surface area contributed by atoms with Crippen molar-refractivity contribution in [2.75, 3.05) is 19.5 Å². The van der Waals surface area contributed by atoms with E-state index < -0.39 is 0 Å². The van der Waals surface area contributed by atoms with Crippen LogP contribution in [-0.2, 0) is 11.3 Å². The molecular formula is C23H26N6O2.